The van der Waals surface area contributed by atoms with Gasteiger partial charge in [0, 0.05) is 25.8 Å². The second-order valence-corrected chi connectivity index (χ2v) is 6.47. The molecular formula is C14H27N3O3. The minimum Gasteiger partial charge on any atom is -0.381 e. The largest absolute Gasteiger partial charge is 0.381 e. The van der Waals surface area contributed by atoms with Gasteiger partial charge in [0.15, 0.2) is 0 Å². The molecule has 1 unspecified atom stereocenters. The Morgan fingerprint density at radius 2 is 1.90 bits per heavy atom. The molecule has 1 rings (SSSR count). The van der Waals surface area contributed by atoms with Gasteiger partial charge < -0.3 is 20.7 Å². The molecule has 1 aliphatic heterocycles. The predicted molar refractivity (Wildman–Crippen MR) is 77.1 cm³/mol. The van der Waals surface area contributed by atoms with Crippen molar-refractivity contribution in [3.8, 4) is 0 Å². The van der Waals surface area contributed by atoms with Gasteiger partial charge in [0.2, 0.25) is 11.8 Å². The average Bonchev–Trinajstić information content (AvgIpc) is 2.35. The van der Waals surface area contributed by atoms with Crippen molar-refractivity contribution in [2.45, 2.75) is 45.2 Å². The molecule has 0 spiro atoms. The average molecular weight is 285 g/mol. The number of carbonyl (C=O) groups excluding carboxylic acids is 2. The van der Waals surface area contributed by atoms with Crippen LogP contribution in [0.4, 0.5) is 0 Å². The normalized spacial score (nSPS) is 18.4. The van der Waals surface area contributed by atoms with Gasteiger partial charge in [-0.05, 0) is 39.5 Å². The summed E-state index contributed by atoms with van der Waals surface area (Å²) in [7, 11) is 1.61. The van der Waals surface area contributed by atoms with Crippen molar-refractivity contribution < 1.29 is 14.3 Å². The maximum Gasteiger partial charge on any atom is 0.240 e. The van der Waals surface area contributed by atoms with Crippen LogP contribution in [0.1, 0.15) is 33.6 Å². The van der Waals surface area contributed by atoms with Crippen molar-refractivity contribution in [2.75, 3.05) is 26.8 Å². The first kappa shape index (κ1) is 16.9. The molecule has 1 aliphatic rings. The predicted octanol–water partition coefficient (Wildman–Crippen LogP) is 0.113. The highest BCUT2D eigenvalue weighted by molar-refractivity contribution is 5.87. The molecule has 116 valence electrons. The van der Waals surface area contributed by atoms with Crippen molar-refractivity contribution in [1.82, 2.24) is 10.2 Å². The number of rotatable bonds is 4. The summed E-state index contributed by atoms with van der Waals surface area (Å²) in [6.07, 6.45) is 1.60. The maximum atomic E-state index is 12.2. The molecule has 0 aromatic rings. The summed E-state index contributed by atoms with van der Waals surface area (Å²) in [6, 6.07) is -0.550. The van der Waals surface area contributed by atoms with Crippen LogP contribution < -0.4 is 11.1 Å². The molecule has 0 radical (unpaired) electrons. The first-order valence-electron chi connectivity index (χ1n) is 7.10. The zero-order chi connectivity index (χ0) is 15.3. The third kappa shape index (κ3) is 5.46. The Labute approximate surface area is 121 Å². The number of carbonyl (C=O) groups is 2. The third-order valence-corrected chi connectivity index (χ3v) is 3.33. The van der Waals surface area contributed by atoms with E-state index >= 15 is 0 Å². The zero-order valence-corrected chi connectivity index (χ0v) is 12.9. The first-order chi connectivity index (χ1) is 9.20. The van der Waals surface area contributed by atoms with Gasteiger partial charge in [-0.3, -0.25) is 9.59 Å². The number of likely N-dealkylation sites (N-methyl/N-ethyl adjacent to an activating group) is 1. The molecule has 0 aromatic carbocycles. The summed E-state index contributed by atoms with van der Waals surface area (Å²) in [4.78, 5) is 25.4. The maximum absolute atomic E-state index is 12.2. The lowest BCUT2D eigenvalue weighted by atomic mass is 9.91. The van der Waals surface area contributed by atoms with E-state index in [4.69, 9.17) is 10.5 Å². The zero-order valence-electron chi connectivity index (χ0n) is 12.9. The van der Waals surface area contributed by atoms with Gasteiger partial charge in [0.05, 0.1) is 12.6 Å². The summed E-state index contributed by atoms with van der Waals surface area (Å²) in [5.41, 5.74) is 5.72. The smallest absolute Gasteiger partial charge is 0.240 e. The van der Waals surface area contributed by atoms with Crippen LogP contribution in [0, 0.1) is 5.92 Å². The Hall–Kier alpha value is -1.14. The summed E-state index contributed by atoms with van der Waals surface area (Å²) < 4.78 is 5.26. The number of nitrogens with one attached hydrogen (secondary N) is 1. The molecule has 0 bridgehead atoms. The Bertz CT molecular complexity index is 346. The Balaban J connectivity index is 2.47. The van der Waals surface area contributed by atoms with Gasteiger partial charge in [0.1, 0.15) is 0 Å². The second kappa shape index (κ2) is 7.04. The highest BCUT2D eigenvalue weighted by atomic mass is 16.5. The SMILES string of the molecule is CN(CC(=O)NC(C)(C)C)C(=O)C(N)C1CCOCC1. The van der Waals surface area contributed by atoms with Gasteiger partial charge in [-0.15, -0.1) is 0 Å². The first-order valence-corrected chi connectivity index (χ1v) is 7.10. The molecule has 0 saturated carbocycles. The monoisotopic (exact) mass is 285 g/mol. The molecule has 0 aliphatic carbocycles. The minimum absolute atomic E-state index is 0.0347. The molecule has 20 heavy (non-hydrogen) atoms. The summed E-state index contributed by atoms with van der Waals surface area (Å²) >= 11 is 0. The van der Waals surface area contributed by atoms with E-state index < -0.39 is 6.04 Å². The van der Waals surface area contributed by atoms with Gasteiger partial charge >= 0.3 is 0 Å². The van der Waals surface area contributed by atoms with Crippen LogP contribution in [0.5, 0.6) is 0 Å². The molecule has 1 fully saturated rings. The fraction of sp³-hybridized carbons (Fsp3) is 0.857. The highest BCUT2D eigenvalue weighted by Crippen LogP contribution is 2.18. The lowest BCUT2D eigenvalue weighted by molar-refractivity contribution is -0.137. The fourth-order valence-electron chi connectivity index (χ4n) is 2.28. The van der Waals surface area contributed by atoms with Crippen LogP contribution in [-0.2, 0) is 14.3 Å². The van der Waals surface area contributed by atoms with Crippen molar-refractivity contribution in [3.05, 3.63) is 0 Å². The van der Waals surface area contributed by atoms with Gasteiger partial charge in [-0.1, -0.05) is 0 Å². The van der Waals surface area contributed by atoms with E-state index in [1.165, 1.54) is 4.90 Å². The summed E-state index contributed by atoms with van der Waals surface area (Å²) in [6.45, 7) is 7.05. The lowest BCUT2D eigenvalue weighted by Gasteiger charge is -2.30. The molecule has 3 N–H and O–H groups in total. The van der Waals surface area contributed by atoms with E-state index in [0.29, 0.717) is 13.2 Å². The molecule has 1 heterocycles. The van der Waals surface area contributed by atoms with Crippen LogP contribution in [0.2, 0.25) is 0 Å². The number of nitrogens with two attached hydrogens (primary N) is 1. The van der Waals surface area contributed by atoms with Crippen LogP contribution in [0.15, 0.2) is 0 Å². The Morgan fingerprint density at radius 1 is 1.35 bits per heavy atom. The van der Waals surface area contributed by atoms with Gasteiger partial charge in [-0.2, -0.15) is 0 Å². The minimum atomic E-state index is -0.550. The number of hydrogen-bond acceptors (Lipinski definition) is 4. The second-order valence-electron chi connectivity index (χ2n) is 6.47. The van der Waals surface area contributed by atoms with E-state index in [0.717, 1.165) is 12.8 Å². The van der Waals surface area contributed by atoms with Crippen LogP contribution in [0.25, 0.3) is 0 Å². The number of hydrogen-bond donors (Lipinski definition) is 2. The summed E-state index contributed by atoms with van der Waals surface area (Å²) in [5, 5.41) is 2.83. The molecule has 2 amide bonds. The number of amides is 2. The third-order valence-electron chi connectivity index (χ3n) is 3.33. The summed E-state index contributed by atoms with van der Waals surface area (Å²) in [5.74, 6) is -0.210. The Morgan fingerprint density at radius 3 is 2.40 bits per heavy atom. The van der Waals surface area contributed by atoms with Crippen molar-refractivity contribution in [2.24, 2.45) is 11.7 Å². The van der Waals surface area contributed by atoms with Crippen molar-refractivity contribution in [3.63, 3.8) is 0 Å². The quantitative estimate of drug-likeness (QED) is 0.768. The molecular weight excluding hydrogens is 258 g/mol. The van der Waals surface area contributed by atoms with Crippen LogP contribution >= 0.6 is 0 Å². The van der Waals surface area contributed by atoms with Crippen molar-refractivity contribution >= 4 is 11.8 Å². The molecule has 1 saturated heterocycles. The standard InChI is InChI=1S/C14H27N3O3/c1-14(2,3)16-11(18)9-17(4)13(19)12(15)10-5-7-20-8-6-10/h10,12H,5-9,15H2,1-4H3,(H,16,18). The molecule has 1 atom stereocenters. The van der Waals surface area contributed by atoms with Gasteiger partial charge in [-0.25, -0.2) is 0 Å². The van der Waals surface area contributed by atoms with Crippen LogP contribution in [-0.4, -0.2) is 55.1 Å². The van der Waals surface area contributed by atoms with Gasteiger partial charge in [0.25, 0.3) is 0 Å². The number of ether oxygens (including phenoxy) is 1. The number of nitrogens with zero attached hydrogens (tertiary/aromatic N) is 1. The Kier molecular flexibility index (Phi) is 5.95. The molecule has 6 heteroatoms. The van der Waals surface area contributed by atoms with Crippen molar-refractivity contribution in [1.29, 1.82) is 0 Å². The highest BCUT2D eigenvalue weighted by Gasteiger charge is 2.29. The van der Waals surface area contributed by atoms with E-state index in [9.17, 15) is 9.59 Å². The lowest BCUT2D eigenvalue weighted by Crippen LogP contribution is -2.51. The van der Waals surface area contributed by atoms with Crippen LogP contribution in [0.3, 0.4) is 0 Å². The molecule has 0 aromatic heterocycles. The van der Waals surface area contributed by atoms with E-state index in [1.807, 2.05) is 20.8 Å². The van der Waals surface area contributed by atoms with E-state index in [-0.39, 0.29) is 29.8 Å². The topological polar surface area (TPSA) is 84.7 Å². The molecule has 6 nitrogen and oxygen atoms in total. The van der Waals surface area contributed by atoms with E-state index in [1.54, 1.807) is 7.05 Å². The fourth-order valence-corrected chi connectivity index (χ4v) is 2.28. The van der Waals surface area contributed by atoms with E-state index in [2.05, 4.69) is 5.32 Å².